The molecular formula is C12H15BrClN. The molecule has 0 saturated heterocycles. The van der Waals surface area contributed by atoms with Crippen molar-refractivity contribution in [1.29, 1.82) is 0 Å². The summed E-state index contributed by atoms with van der Waals surface area (Å²) in [4.78, 5) is 0. The van der Waals surface area contributed by atoms with Crippen molar-refractivity contribution in [1.82, 2.24) is 5.32 Å². The van der Waals surface area contributed by atoms with Crippen LogP contribution in [0.25, 0.3) is 0 Å². The van der Waals surface area contributed by atoms with Crippen molar-refractivity contribution in [2.45, 2.75) is 19.9 Å². The summed E-state index contributed by atoms with van der Waals surface area (Å²) in [7, 11) is 0. The highest BCUT2D eigenvalue weighted by Crippen LogP contribution is 2.16. The normalized spacial score (nSPS) is 14.0. The molecule has 1 nitrogen and oxygen atoms in total. The quantitative estimate of drug-likeness (QED) is 0.874. The van der Waals surface area contributed by atoms with Crippen LogP contribution >= 0.6 is 27.5 Å². The molecule has 1 aromatic rings. The van der Waals surface area contributed by atoms with Gasteiger partial charge in [-0.15, -0.1) is 0 Å². The summed E-state index contributed by atoms with van der Waals surface area (Å²) in [6.07, 6.45) is 0. The van der Waals surface area contributed by atoms with Gasteiger partial charge in [-0.25, -0.2) is 0 Å². The molecule has 1 aromatic carbocycles. The highest BCUT2D eigenvalue weighted by atomic mass is 79.9. The Balaban J connectivity index is 2.53. The van der Waals surface area contributed by atoms with Crippen LogP contribution in [0.4, 0.5) is 0 Å². The zero-order valence-corrected chi connectivity index (χ0v) is 11.3. The standard InChI is InChI=1S/C12H15BrClN/c1-9(7-14)8-15-10(2)11-3-5-12(13)6-4-11/h3-7,10,15H,8H2,1-2H3/b9-7+. The largest absolute Gasteiger partial charge is 0.306 e. The van der Waals surface area contributed by atoms with Gasteiger partial charge in [0.15, 0.2) is 0 Å². The smallest absolute Gasteiger partial charge is 0.0294 e. The first-order valence-corrected chi connectivity index (χ1v) is 6.11. The summed E-state index contributed by atoms with van der Waals surface area (Å²) < 4.78 is 1.11. The van der Waals surface area contributed by atoms with E-state index in [2.05, 4.69) is 52.4 Å². The van der Waals surface area contributed by atoms with Crippen LogP contribution in [0.5, 0.6) is 0 Å². The van der Waals surface area contributed by atoms with Crippen LogP contribution in [-0.4, -0.2) is 6.54 Å². The number of hydrogen-bond donors (Lipinski definition) is 1. The molecule has 0 aliphatic carbocycles. The molecule has 15 heavy (non-hydrogen) atoms. The van der Waals surface area contributed by atoms with Crippen molar-refractivity contribution in [3.63, 3.8) is 0 Å². The van der Waals surface area contributed by atoms with Gasteiger partial charge in [0.25, 0.3) is 0 Å². The van der Waals surface area contributed by atoms with Crippen molar-refractivity contribution in [2.75, 3.05) is 6.54 Å². The topological polar surface area (TPSA) is 12.0 Å². The van der Waals surface area contributed by atoms with E-state index in [4.69, 9.17) is 11.6 Å². The highest BCUT2D eigenvalue weighted by Gasteiger charge is 2.03. The van der Waals surface area contributed by atoms with Crippen LogP contribution in [0.1, 0.15) is 25.5 Å². The second-order valence-electron chi connectivity index (χ2n) is 3.61. The molecule has 1 atom stereocenters. The van der Waals surface area contributed by atoms with Gasteiger partial charge in [-0.2, -0.15) is 0 Å². The zero-order valence-electron chi connectivity index (χ0n) is 8.93. The Labute approximate surface area is 105 Å². The SMILES string of the molecule is C/C(=C\Cl)CNC(C)c1ccc(Br)cc1. The van der Waals surface area contributed by atoms with Gasteiger partial charge in [0, 0.05) is 22.6 Å². The van der Waals surface area contributed by atoms with E-state index in [0.717, 1.165) is 16.6 Å². The molecule has 0 aromatic heterocycles. The van der Waals surface area contributed by atoms with E-state index < -0.39 is 0 Å². The number of nitrogens with one attached hydrogen (secondary N) is 1. The summed E-state index contributed by atoms with van der Waals surface area (Å²) in [5.41, 5.74) is 4.03. The molecular weight excluding hydrogens is 273 g/mol. The highest BCUT2D eigenvalue weighted by molar-refractivity contribution is 9.10. The summed E-state index contributed by atoms with van der Waals surface area (Å²) >= 11 is 9.02. The van der Waals surface area contributed by atoms with Gasteiger partial charge in [0.05, 0.1) is 0 Å². The summed E-state index contributed by atoms with van der Waals surface area (Å²) in [5.74, 6) is 0. The van der Waals surface area contributed by atoms with Gasteiger partial charge in [-0.3, -0.25) is 0 Å². The molecule has 0 amide bonds. The van der Waals surface area contributed by atoms with Gasteiger partial charge in [-0.1, -0.05) is 39.7 Å². The Hall–Kier alpha value is -0.310. The number of hydrogen-bond acceptors (Lipinski definition) is 1. The average Bonchev–Trinajstić information content (AvgIpc) is 2.26. The van der Waals surface area contributed by atoms with E-state index in [0.29, 0.717) is 6.04 Å². The van der Waals surface area contributed by atoms with Gasteiger partial charge in [0.2, 0.25) is 0 Å². The summed E-state index contributed by atoms with van der Waals surface area (Å²) in [5, 5.41) is 3.40. The first-order valence-electron chi connectivity index (χ1n) is 4.88. The number of halogens is 2. The summed E-state index contributed by atoms with van der Waals surface area (Å²) in [6.45, 7) is 4.97. The molecule has 0 aliphatic heterocycles. The van der Waals surface area contributed by atoms with Crippen LogP contribution in [0.3, 0.4) is 0 Å². The summed E-state index contributed by atoms with van der Waals surface area (Å²) in [6, 6.07) is 8.67. The third kappa shape index (κ3) is 4.37. The van der Waals surface area contributed by atoms with Crippen LogP contribution in [0.15, 0.2) is 39.8 Å². The van der Waals surface area contributed by atoms with E-state index >= 15 is 0 Å². The van der Waals surface area contributed by atoms with Crippen LogP contribution in [0, 0.1) is 0 Å². The molecule has 0 heterocycles. The van der Waals surface area contributed by atoms with Crippen LogP contribution < -0.4 is 5.32 Å². The predicted molar refractivity (Wildman–Crippen MR) is 70.2 cm³/mol. The van der Waals surface area contributed by atoms with Crippen molar-refractivity contribution in [2.24, 2.45) is 0 Å². The van der Waals surface area contributed by atoms with Crippen molar-refractivity contribution in [3.05, 3.63) is 45.4 Å². The molecule has 0 bridgehead atoms. The van der Waals surface area contributed by atoms with Gasteiger partial charge < -0.3 is 5.32 Å². The van der Waals surface area contributed by atoms with Gasteiger partial charge in [0.1, 0.15) is 0 Å². The molecule has 0 fully saturated rings. The molecule has 1 N–H and O–H groups in total. The first-order chi connectivity index (χ1) is 7.13. The van der Waals surface area contributed by atoms with Crippen molar-refractivity contribution >= 4 is 27.5 Å². The Morgan fingerprint density at radius 1 is 1.47 bits per heavy atom. The van der Waals surface area contributed by atoms with Gasteiger partial charge in [-0.05, 0) is 37.1 Å². The Morgan fingerprint density at radius 2 is 2.07 bits per heavy atom. The average molecular weight is 289 g/mol. The number of rotatable bonds is 4. The maximum atomic E-state index is 5.59. The van der Waals surface area contributed by atoms with Gasteiger partial charge >= 0.3 is 0 Å². The third-order valence-corrected chi connectivity index (χ3v) is 3.14. The maximum absolute atomic E-state index is 5.59. The lowest BCUT2D eigenvalue weighted by atomic mass is 10.1. The molecule has 0 saturated carbocycles. The second-order valence-corrected chi connectivity index (χ2v) is 4.74. The zero-order chi connectivity index (χ0) is 11.3. The Kier molecular flexibility index (Phi) is 5.37. The lowest BCUT2D eigenvalue weighted by Gasteiger charge is -2.14. The fourth-order valence-corrected chi connectivity index (χ4v) is 1.56. The molecule has 1 unspecified atom stereocenters. The first kappa shape index (κ1) is 12.8. The van der Waals surface area contributed by atoms with Crippen LogP contribution in [0.2, 0.25) is 0 Å². The molecule has 0 aliphatic rings. The number of benzene rings is 1. The molecule has 3 heteroatoms. The minimum Gasteiger partial charge on any atom is -0.306 e. The maximum Gasteiger partial charge on any atom is 0.0294 e. The monoisotopic (exact) mass is 287 g/mol. The van der Waals surface area contributed by atoms with E-state index in [9.17, 15) is 0 Å². The Bertz CT molecular complexity index is 332. The minimum atomic E-state index is 0.338. The predicted octanol–water partition coefficient (Wildman–Crippen LogP) is 4.24. The van der Waals surface area contributed by atoms with Crippen LogP contribution in [-0.2, 0) is 0 Å². The second kappa shape index (κ2) is 6.31. The van der Waals surface area contributed by atoms with Crippen molar-refractivity contribution < 1.29 is 0 Å². The minimum absolute atomic E-state index is 0.338. The third-order valence-electron chi connectivity index (χ3n) is 2.24. The molecule has 0 radical (unpaired) electrons. The van der Waals surface area contributed by atoms with E-state index in [1.165, 1.54) is 5.56 Å². The lowest BCUT2D eigenvalue weighted by molar-refractivity contribution is 0.607. The fourth-order valence-electron chi connectivity index (χ4n) is 1.22. The molecule has 0 spiro atoms. The lowest BCUT2D eigenvalue weighted by Crippen LogP contribution is -2.20. The molecule has 82 valence electrons. The fraction of sp³-hybridized carbons (Fsp3) is 0.333. The Morgan fingerprint density at radius 3 is 2.60 bits per heavy atom. The van der Waals surface area contributed by atoms with E-state index in [1.807, 2.05) is 6.92 Å². The van der Waals surface area contributed by atoms with E-state index in [1.54, 1.807) is 5.54 Å². The molecule has 1 rings (SSSR count). The van der Waals surface area contributed by atoms with E-state index in [-0.39, 0.29) is 0 Å². The van der Waals surface area contributed by atoms with Crippen molar-refractivity contribution in [3.8, 4) is 0 Å².